The van der Waals surface area contributed by atoms with Gasteiger partial charge in [0.15, 0.2) is 0 Å². The molecule has 10 heteroatoms. The summed E-state index contributed by atoms with van der Waals surface area (Å²) in [5, 5.41) is 8.37. The fraction of sp³-hybridized carbons (Fsp3) is 0.304. The van der Waals surface area contributed by atoms with Gasteiger partial charge in [-0.1, -0.05) is 35.0 Å². The second kappa shape index (κ2) is 9.24. The molecule has 4 rings (SSSR count). The SMILES string of the molecule is Cc1ccc(S(=O)(=O)N[C@H](Cc2cn(C3CCCc4cc(C=O)ccc43)nn2)C(N)=O)cc1. The summed E-state index contributed by atoms with van der Waals surface area (Å²) in [7, 11) is -3.94. The summed E-state index contributed by atoms with van der Waals surface area (Å²) in [6.45, 7) is 1.85. The summed E-state index contributed by atoms with van der Waals surface area (Å²) < 4.78 is 29.5. The van der Waals surface area contributed by atoms with E-state index in [1.165, 1.54) is 12.1 Å². The molecule has 0 aliphatic heterocycles. The number of sulfonamides is 1. The number of nitrogens with two attached hydrogens (primary N) is 1. The first-order chi connectivity index (χ1) is 15.8. The summed E-state index contributed by atoms with van der Waals surface area (Å²) in [5.74, 6) is -0.801. The van der Waals surface area contributed by atoms with Gasteiger partial charge in [0.1, 0.15) is 12.3 Å². The Morgan fingerprint density at radius 3 is 2.73 bits per heavy atom. The Morgan fingerprint density at radius 2 is 2.03 bits per heavy atom. The fourth-order valence-corrected chi connectivity index (χ4v) is 5.30. The van der Waals surface area contributed by atoms with Crippen molar-refractivity contribution in [2.24, 2.45) is 5.73 Å². The maximum absolute atomic E-state index is 12.7. The molecule has 0 spiro atoms. The van der Waals surface area contributed by atoms with E-state index in [-0.39, 0.29) is 17.4 Å². The summed E-state index contributed by atoms with van der Waals surface area (Å²) >= 11 is 0. The lowest BCUT2D eigenvalue weighted by atomic mass is 9.87. The topological polar surface area (TPSA) is 137 Å². The van der Waals surface area contributed by atoms with Crippen LogP contribution >= 0.6 is 0 Å². The van der Waals surface area contributed by atoms with Crippen LogP contribution < -0.4 is 10.5 Å². The Hall–Kier alpha value is -3.37. The van der Waals surface area contributed by atoms with E-state index in [1.807, 2.05) is 19.1 Å². The first kappa shape index (κ1) is 22.8. The molecule has 9 nitrogen and oxygen atoms in total. The molecule has 3 N–H and O–H groups in total. The highest BCUT2D eigenvalue weighted by Gasteiger charge is 2.27. The lowest BCUT2D eigenvalue weighted by Crippen LogP contribution is -2.45. The number of aromatic nitrogens is 3. The molecule has 2 aromatic carbocycles. The van der Waals surface area contributed by atoms with E-state index in [1.54, 1.807) is 29.1 Å². The van der Waals surface area contributed by atoms with Crippen molar-refractivity contribution in [3.63, 3.8) is 0 Å². The molecule has 1 heterocycles. The molecule has 0 saturated carbocycles. The van der Waals surface area contributed by atoms with Gasteiger partial charge in [0.2, 0.25) is 15.9 Å². The molecule has 2 atom stereocenters. The second-order valence-electron chi connectivity index (χ2n) is 8.27. The average Bonchev–Trinajstić information content (AvgIpc) is 3.26. The Morgan fingerprint density at radius 1 is 1.27 bits per heavy atom. The van der Waals surface area contributed by atoms with Gasteiger partial charge in [-0.15, -0.1) is 5.10 Å². The highest BCUT2D eigenvalue weighted by Crippen LogP contribution is 2.32. The van der Waals surface area contributed by atoms with Gasteiger partial charge < -0.3 is 5.73 Å². The minimum Gasteiger partial charge on any atom is -0.368 e. The molecule has 172 valence electrons. The van der Waals surface area contributed by atoms with Gasteiger partial charge in [-0.2, -0.15) is 4.72 Å². The molecule has 0 bridgehead atoms. The minimum absolute atomic E-state index is 0.0237. The number of fused-ring (bicyclic) bond motifs is 1. The number of hydrogen-bond donors (Lipinski definition) is 2. The zero-order chi connectivity index (χ0) is 23.6. The third-order valence-corrected chi connectivity index (χ3v) is 7.34. The standard InChI is InChI=1S/C23H25N5O4S/c1-15-5-8-19(9-6-15)33(31,32)26-21(23(24)30)12-18-13-28(27-25-18)22-4-2-3-17-11-16(14-29)7-10-20(17)22/h5-11,13-14,21-22,26H,2-4,12H2,1H3,(H2,24,30)/t21-,22?/m1/s1. The molecular weight excluding hydrogens is 442 g/mol. The molecule has 33 heavy (non-hydrogen) atoms. The van der Waals surface area contributed by atoms with Crippen molar-refractivity contribution in [2.75, 3.05) is 0 Å². The third-order valence-electron chi connectivity index (χ3n) is 5.85. The van der Waals surface area contributed by atoms with Crippen molar-refractivity contribution < 1.29 is 18.0 Å². The van der Waals surface area contributed by atoms with Crippen LogP contribution in [0.1, 0.15) is 51.6 Å². The zero-order valence-electron chi connectivity index (χ0n) is 18.1. The van der Waals surface area contributed by atoms with E-state index in [0.717, 1.165) is 42.2 Å². The van der Waals surface area contributed by atoms with E-state index >= 15 is 0 Å². The lowest BCUT2D eigenvalue weighted by Gasteiger charge is -2.25. The number of amides is 1. The van der Waals surface area contributed by atoms with Crippen LogP contribution in [0.3, 0.4) is 0 Å². The van der Waals surface area contributed by atoms with Crippen LogP contribution in [0, 0.1) is 6.92 Å². The molecule has 1 aliphatic carbocycles. The monoisotopic (exact) mass is 467 g/mol. The van der Waals surface area contributed by atoms with E-state index in [4.69, 9.17) is 5.73 Å². The quantitative estimate of drug-likeness (QED) is 0.484. The van der Waals surface area contributed by atoms with Crippen molar-refractivity contribution in [3.8, 4) is 0 Å². The zero-order valence-corrected chi connectivity index (χ0v) is 19.0. The van der Waals surface area contributed by atoms with Crippen LogP contribution in [0.4, 0.5) is 0 Å². The number of hydrogen-bond acceptors (Lipinski definition) is 6. The number of nitrogens with one attached hydrogen (secondary N) is 1. The number of carbonyl (C=O) groups excluding carboxylic acids is 2. The smallest absolute Gasteiger partial charge is 0.241 e. The molecule has 0 fully saturated rings. The van der Waals surface area contributed by atoms with Crippen LogP contribution in [0.25, 0.3) is 0 Å². The maximum atomic E-state index is 12.7. The summed E-state index contributed by atoms with van der Waals surface area (Å²) in [6, 6.07) is 10.7. The normalized spacial score (nSPS) is 16.7. The average molecular weight is 468 g/mol. The van der Waals surface area contributed by atoms with E-state index in [9.17, 15) is 18.0 Å². The number of aryl methyl sites for hydroxylation is 2. The number of primary amides is 1. The van der Waals surface area contributed by atoms with Crippen LogP contribution in [-0.2, 0) is 27.7 Å². The molecular formula is C23H25N5O4S. The number of benzene rings is 2. The molecule has 3 aromatic rings. The fourth-order valence-electron chi connectivity index (χ4n) is 4.10. The Balaban J connectivity index is 1.53. The number of carbonyl (C=O) groups is 2. The van der Waals surface area contributed by atoms with Gasteiger partial charge in [0, 0.05) is 18.2 Å². The molecule has 0 radical (unpaired) electrons. The van der Waals surface area contributed by atoms with E-state index in [2.05, 4.69) is 15.0 Å². The van der Waals surface area contributed by atoms with Crippen molar-refractivity contribution in [3.05, 3.63) is 76.6 Å². The van der Waals surface area contributed by atoms with Gasteiger partial charge in [0.25, 0.3) is 0 Å². The number of nitrogens with zero attached hydrogens (tertiary/aromatic N) is 3. The van der Waals surface area contributed by atoms with Gasteiger partial charge in [0.05, 0.1) is 16.6 Å². The van der Waals surface area contributed by atoms with Crippen molar-refractivity contribution in [2.45, 2.75) is 49.6 Å². The Bertz CT molecular complexity index is 1280. The van der Waals surface area contributed by atoms with Gasteiger partial charge in [-0.25, -0.2) is 13.1 Å². The largest absolute Gasteiger partial charge is 0.368 e. The maximum Gasteiger partial charge on any atom is 0.241 e. The minimum atomic E-state index is -3.94. The molecule has 1 aliphatic rings. The first-order valence-corrected chi connectivity index (χ1v) is 12.1. The Labute approximate surface area is 192 Å². The molecule has 1 aromatic heterocycles. The highest BCUT2D eigenvalue weighted by molar-refractivity contribution is 7.89. The van der Waals surface area contributed by atoms with Crippen molar-refractivity contribution in [1.29, 1.82) is 0 Å². The first-order valence-electron chi connectivity index (χ1n) is 10.6. The van der Waals surface area contributed by atoms with Gasteiger partial charge in [-0.05, 0) is 55.5 Å². The predicted octanol–water partition coefficient (Wildman–Crippen LogP) is 1.70. The van der Waals surface area contributed by atoms with Crippen molar-refractivity contribution in [1.82, 2.24) is 19.7 Å². The van der Waals surface area contributed by atoms with Crippen LogP contribution in [-0.4, -0.2) is 41.6 Å². The van der Waals surface area contributed by atoms with Crippen LogP contribution in [0.5, 0.6) is 0 Å². The Kier molecular flexibility index (Phi) is 6.39. The van der Waals surface area contributed by atoms with Gasteiger partial charge >= 0.3 is 0 Å². The van der Waals surface area contributed by atoms with Gasteiger partial charge in [-0.3, -0.25) is 9.59 Å². The van der Waals surface area contributed by atoms with Crippen LogP contribution in [0.15, 0.2) is 53.6 Å². The molecule has 0 saturated heterocycles. The number of rotatable bonds is 8. The molecule has 1 amide bonds. The van der Waals surface area contributed by atoms with E-state index < -0.39 is 22.0 Å². The van der Waals surface area contributed by atoms with Crippen LogP contribution in [0.2, 0.25) is 0 Å². The second-order valence-corrected chi connectivity index (χ2v) is 9.98. The van der Waals surface area contributed by atoms with Crippen molar-refractivity contribution >= 4 is 22.2 Å². The summed E-state index contributed by atoms with van der Waals surface area (Å²) in [5.41, 5.74) is 9.67. The predicted molar refractivity (Wildman–Crippen MR) is 121 cm³/mol. The highest BCUT2D eigenvalue weighted by atomic mass is 32.2. The lowest BCUT2D eigenvalue weighted by molar-refractivity contribution is -0.119. The van der Waals surface area contributed by atoms with E-state index in [0.29, 0.717) is 11.3 Å². The summed E-state index contributed by atoms with van der Waals surface area (Å²) in [6.07, 6.45) is 5.21. The molecule has 1 unspecified atom stereocenters. The summed E-state index contributed by atoms with van der Waals surface area (Å²) in [4.78, 5) is 23.2. The third kappa shape index (κ3) is 5.01. The number of aldehydes is 1.